The average Bonchev–Trinajstić information content (AvgIpc) is 2.42. The van der Waals surface area contributed by atoms with Gasteiger partial charge in [-0.1, -0.05) is 0 Å². The summed E-state index contributed by atoms with van der Waals surface area (Å²) in [5.74, 6) is 0.244. The Morgan fingerprint density at radius 3 is 3.00 bits per heavy atom. The van der Waals surface area contributed by atoms with Crippen LogP contribution in [-0.4, -0.2) is 11.1 Å². The molecule has 0 aliphatic carbocycles. The third kappa shape index (κ3) is 0.887. The number of hydrogen-bond donors (Lipinski definition) is 1. The van der Waals surface area contributed by atoms with E-state index >= 15 is 0 Å². The molecule has 0 saturated heterocycles. The van der Waals surface area contributed by atoms with E-state index in [1.54, 1.807) is 13.0 Å². The molecule has 0 atom stereocenters. The Morgan fingerprint density at radius 2 is 2.42 bits per heavy atom. The van der Waals surface area contributed by atoms with Crippen LogP contribution in [0, 0.1) is 6.92 Å². The molecule has 1 aliphatic rings. The summed E-state index contributed by atoms with van der Waals surface area (Å²) in [5.41, 5.74) is 0.633. The lowest BCUT2D eigenvalue weighted by atomic mass is 10.4. The van der Waals surface area contributed by atoms with Crippen LogP contribution in [0.4, 0.5) is 5.69 Å². The summed E-state index contributed by atoms with van der Waals surface area (Å²) in [5, 5.41) is 12.4. The molecule has 1 aromatic rings. The summed E-state index contributed by atoms with van der Waals surface area (Å²) in [6.45, 7) is 1.79. The number of furan rings is 1. The maximum Gasteiger partial charge on any atom is 0.354 e. The summed E-state index contributed by atoms with van der Waals surface area (Å²) in [6, 6.07) is 1.71. The lowest BCUT2D eigenvalue weighted by molar-refractivity contribution is -0.132. The van der Waals surface area contributed by atoms with Gasteiger partial charge in [0.2, 0.25) is 0 Å². The topological polar surface area (TPSA) is 64.5 Å². The summed E-state index contributed by atoms with van der Waals surface area (Å²) >= 11 is 0. The van der Waals surface area contributed by atoms with E-state index in [0.717, 1.165) is 5.76 Å². The number of carboxylic acids is 1. The Bertz CT molecular complexity index is 376. The largest absolute Gasteiger partial charge is 0.477 e. The Labute approximate surface area is 68.5 Å². The van der Waals surface area contributed by atoms with Gasteiger partial charge in [-0.3, -0.25) is 0 Å². The fourth-order valence-electron chi connectivity index (χ4n) is 1.11. The molecule has 0 saturated carbocycles. The van der Waals surface area contributed by atoms with Crippen molar-refractivity contribution in [2.45, 2.75) is 6.92 Å². The van der Waals surface area contributed by atoms with Crippen LogP contribution < -0.4 is 5.32 Å². The molecule has 2 heterocycles. The van der Waals surface area contributed by atoms with Crippen molar-refractivity contribution in [3.8, 4) is 0 Å². The first kappa shape index (κ1) is 6.97. The number of carbonyl (C=O) groups is 1. The van der Waals surface area contributed by atoms with Gasteiger partial charge in [-0.05, 0) is 6.92 Å². The zero-order valence-corrected chi connectivity index (χ0v) is 6.37. The molecular formula is C8H6NO3. The number of aliphatic carboxylic acids is 1. The molecule has 4 nitrogen and oxygen atoms in total. The van der Waals surface area contributed by atoms with Crippen LogP contribution in [0.1, 0.15) is 11.5 Å². The smallest absolute Gasteiger partial charge is 0.354 e. The molecule has 1 aliphatic heterocycles. The first-order chi connectivity index (χ1) is 5.66. The summed E-state index contributed by atoms with van der Waals surface area (Å²) in [6.07, 6.45) is 1.42. The van der Waals surface area contributed by atoms with Gasteiger partial charge in [-0.25, -0.2) is 10.1 Å². The van der Waals surface area contributed by atoms with E-state index in [1.165, 1.54) is 6.08 Å². The number of hydrogen-bond acceptors (Lipinski definition) is 2. The van der Waals surface area contributed by atoms with E-state index in [1.807, 2.05) is 0 Å². The van der Waals surface area contributed by atoms with Crippen LogP contribution in [0.3, 0.4) is 0 Å². The molecule has 2 rings (SSSR count). The molecule has 0 amide bonds. The number of nitrogens with zero attached hydrogens (tertiary/aromatic N) is 1. The monoisotopic (exact) mass is 164 g/mol. The zero-order chi connectivity index (χ0) is 8.72. The van der Waals surface area contributed by atoms with Gasteiger partial charge < -0.3 is 9.52 Å². The SMILES string of the molecule is Cc1cc2c(o1)C=C(C(=O)O)[N]2. The van der Waals surface area contributed by atoms with Crippen LogP contribution in [0.25, 0.3) is 6.08 Å². The standard InChI is InChI=1S/C8H6NO3/c1-4-2-5-7(12-4)3-6(9-5)8(10)11/h2-3H,1H3,(H,10,11). The third-order valence-corrected chi connectivity index (χ3v) is 1.59. The van der Waals surface area contributed by atoms with E-state index in [0.29, 0.717) is 11.4 Å². The number of aryl methyl sites for hydroxylation is 1. The van der Waals surface area contributed by atoms with E-state index in [-0.39, 0.29) is 5.70 Å². The van der Waals surface area contributed by atoms with Crippen molar-refractivity contribution < 1.29 is 14.3 Å². The highest BCUT2D eigenvalue weighted by molar-refractivity contribution is 5.95. The van der Waals surface area contributed by atoms with E-state index in [9.17, 15) is 4.79 Å². The highest BCUT2D eigenvalue weighted by Gasteiger charge is 2.22. The fourth-order valence-corrected chi connectivity index (χ4v) is 1.11. The Balaban J connectivity index is 2.39. The van der Waals surface area contributed by atoms with Crippen LogP contribution in [0.5, 0.6) is 0 Å². The molecule has 0 bridgehead atoms. The van der Waals surface area contributed by atoms with Gasteiger partial charge in [0.15, 0.2) is 11.5 Å². The normalized spacial score (nSPS) is 13.6. The van der Waals surface area contributed by atoms with Crippen molar-refractivity contribution in [1.82, 2.24) is 5.32 Å². The molecule has 0 spiro atoms. The molecule has 1 radical (unpaired) electrons. The van der Waals surface area contributed by atoms with Gasteiger partial charge in [0.1, 0.15) is 11.4 Å². The van der Waals surface area contributed by atoms with Gasteiger partial charge in [0.25, 0.3) is 0 Å². The van der Waals surface area contributed by atoms with Gasteiger partial charge in [0.05, 0.1) is 0 Å². The van der Waals surface area contributed by atoms with Crippen molar-refractivity contribution in [3.63, 3.8) is 0 Å². The predicted octanol–water partition coefficient (Wildman–Crippen LogP) is 1.26. The van der Waals surface area contributed by atoms with Crippen molar-refractivity contribution in [1.29, 1.82) is 0 Å². The fraction of sp³-hybridized carbons (Fsp3) is 0.125. The molecule has 1 N–H and O–H groups in total. The molecular weight excluding hydrogens is 158 g/mol. The lowest BCUT2D eigenvalue weighted by Gasteiger charge is -1.91. The number of fused-ring (bicyclic) bond motifs is 1. The Morgan fingerprint density at radius 1 is 1.67 bits per heavy atom. The summed E-state index contributed by atoms with van der Waals surface area (Å²) < 4.78 is 5.17. The maximum absolute atomic E-state index is 10.4. The molecule has 0 fully saturated rings. The molecule has 4 heteroatoms. The number of carboxylic acid groups (broad SMARTS) is 1. The molecule has 1 aromatic heterocycles. The summed E-state index contributed by atoms with van der Waals surface area (Å²) in [4.78, 5) is 10.4. The van der Waals surface area contributed by atoms with Gasteiger partial charge in [-0.15, -0.1) is 0 Å². The second-order valence-corrected chi connectivity index (χ2v) is 2.55. The van der Waals surface area contributed by atoms with Gasteiger partial charge in [0, 0.05) is 12.1 Å². The van der Waals surface area contributed by atoms with Crippen molar-refractivity contribution in [2.24, 2.45) is 0 Å². The van der Waals surface area contributed by atoms with Crippen LogP contribution in [0.15, 0.2) is 16.2 Å². The first-order valence-electron chi connectivity index (χ1n) is 3.44. The second kappa shape index (κ2) is 2.14. The molecule has 0 aromatic carbocycles. The minimum Gasteiger partial charge on any atom is -0.477 e. The average molecular weight is 164 g/mol. The van der Waals surface area contributed by atoms with Crippen LogP contribution >= 0.6 is 0 Å². The van der Waals surface area contributed by atoms with Crippen molar-refractivity contribution >= 4 is 17.7 Å². The van der Waals surface area contributed by atoms with Crippen molar-refractivity contribution in [3.05, 3.63) is 23.3 Å². The minimum absolute atomic E-state index is 0.0313. The first-order valence-corrected chi connectivity index (χ1v) is 3.44. The van der Waals surface area contributed by atoms with Gasteiger partial charge >= 0.3 is 5.97 Å². The lowest BCUT2D eigenvalue weighted by Crippen LogP contribution is -2.04. The highest BCUT2D eigenvalue weighted by Crippen LogP contribution is 2.30. The van der Waals surface area contributed by atoms with E-state index in [2.05, 4.69) is 5.32 Å². The minimum atomic E-state index is -1.03. The highest BCUT2D eigenvalue weighted by atomic mass is 16.4. The third-order valence-electron chi connectivity index (χ3n) is 1.59. The van der Waals surface area contributed by atoms with Crippen LogP contribution in [-0.2, 0) is 4.79 Å². The second-order valence-electron chi connectivity index (χ2n) is 2.55. The quantitative estimate of drug-likeness (QED) is 0.679. The molecule has 61 valence electrons. The molecule has 12 heavy (non-hydrogen) atoms. The predicted molar refractivity (Wildman–Crippen MR) is 40.9 cm³/mol. The molecule has 0 unspecified atom stereocenters. The Hall–Kier alpha value is -1.71. The maximum atomic E-state index is 10.4. The van der Waals surface area contributed by atoms with Crippen molar-refractivity contribution in [2.75, 3.05) is 0 Å². The van der Waals surface area contributed by atoms with E-state index in [4.69, 9.17) is 9.52 Å². The van der Waals surface area contributed by atoms with Gasteiger partial charge in [-0.2, -0.15) is 0 Å². The summed E-state index contributed by atoms with van der Waals surface area (Å²) in [7, 11) is 0. The number of rotatable bonds is 1. The van der Waals surface area contributed by atoms with E-state index < -0.39 is 5.97 Å². The van der Waals surface area contributed by atoms with Crippen LogP contribution in [0.2, 0.25) is 0 Å². The zero-order valence-electron chi connectivity index (χ0n) is 6.37. The Kier molecular flexibility index (Phi) is 1.24.